The Hall–Kier alpha value is -4.31. The van der Waals surface area contributed by atoms with Crippen LogP contribution < -0.4 is 33.2 Å². The maximum atomic E-state index is 13.4. The molecule has 0 bridgehead atoms. The number of nitrogens with two attached hydrogens (primary N) is 3. The van der Waals surface area contributed by atoms with Gasteiger partial charge in [0, 0.05) is 43.0 Å². The molecule has 0 aliphatic heterocycles. The Kier molecular flexibility index (Phi) is 12.5. The molecule has 4 unspecified atom stereocenters. The number of hydrogen-bond acceptors (Lipinski definition) is 9. The first-order valence-electron chi connectivity index (χ1n) is 12.4. The minimum absolute atomic E-state index is 0.0157. The number of nitrogens with zero attached hydrogens (tertiary/aromatic N) is 2. The van der Waals surface area contributed by atoms with Crippen LogP contribution in [0.3, 0.4) is 0 Å². The van der Waals surface area contributed by atoms with E-state index >= 15 is 0 Å². The van der Waals surface area contributed by atoms with E-state index in [1.54, 1.807) is 0 Å². The molecule has 2 heterocycles. The molecule has 12 N–H and O–H groups in total. The molecule has 2 aromatic rings. The molecule has 0 spiro atoms. The van der Waals surface area contributed by atoms with E-state index in [2.05, 4.69) is 35.9 Å². The molecule has 16 nitrogen and oxygen atoms in total. The number of hydrogen-bond donors (Lipinski definition) is 9. The number of carboxylic acids is 1. The Morgan fingerprint density at radius 3 is 1.77 bits per heavy atom. The molecule has 16 heteroatoms. The molecule has 2 aromatic heterocycles. The van der Waals surface area contributed by atoms with Gasteiger partial charge in [0.15, 0.2) is 0 Å². The summed E-state index contributed by atoms with van der Waals surface area (Å²) in [6, 6.07) is -4.69. The second-order valence-corrected chi connectivity index (χ2v) is 8.98. The number of H-pyrrole nitrogens is 2. The molecule has 0 radical (unpaired) electrons. The van der Waals surface area contributed by atoms with Crippen molar-refractivity contribution in [1.82, 2.24) is 35.9 Å². The number of carbonyl (C=O) groups excluding carboxylic acids is 4. The summed E-state index contributed by atoms with van der Waals surface area (Å²) in [6.07, 6.45) is 6.87. The summed E-state index contributed by atoms with van der Waals surface area (Å²) in [5.74, 6) is -4.19. The van der Waals surface area contributed by atoms with Gasteiger partial charge in [-0.2, -0.15) is 0 Å². The van der Waals surface area contributed by atoms with Crippen LogP contribution in [-0.4, -0.2) is 85.4 Å². The average Bonchev–Trinajstić information content (AvgIpc) is 3.59. The van der Waals surface area contributed by atoms with E-state index in [1.807, 2.05) is 0 Å². The Morgan fingerprint density at radius 2 is 1.33 bits per heavy atom. The lowest BCUT2D eigenvalue weighted by molar-refractivity contribution is -0.142. The largest absolute Gasteiger partial charge is 0.480 e. The molecule has 0 aliphatic rings. The average molecular weight is 549 g/mol. The first-order valence-corrected chi connectivity index (χ1v) is 12.4. The predicted molar refractivity (Wildman–Crippen MR) is 137 cm³/mol. The third kappa shape index (κ3) is 10.9. The van der Waals surface area contributed by atoms with E-state index in [0.717, 1.165) is 0 Å². The van der Waals surface area contributed by atoms with Gasteiger partial charge < -0.3 is 48.2 Å². The van der Waals surface area contributed by atoms with Crippen molar-refractivity contribution in [3.8, 4) is 0 Å². The van der Waals surface area contributed by atoms with Crippen LogP contribution in [-0.2, 0) is 36.8 Å². The second-order valence-electron chi connectivity index (χ2n) is 8.98. The number of rotatable bonds is 18. The zero-order valence-corrected chi connectivity index (χ0v) is 21.4. The lowest BCUT2D eigenvalue weighted by Crippen LogP contribution is -2.58. The number of aromatic nitrogens is 4. The lowest BCUT2D eigenvalue weighted by atomic mass is 10.1. The van der Waals surface area contributed by atoms with Crippen molar-refractivity contribution in [1.29, 1.82) is 0 Å². The van der Waals surface area contributed by atoms with Gasteiger partial charge in [-0.15, -0.1) is 0 Å². The molecule has 39 heavy (non-hydrogen) atoms. The summed E-state index contributed by atoms with van der Waals surface area (Å²) < 4.78 is 0. The summed E-state index contributed by atoms with van der Waals surface area (Å²) in [5, 5.41) is 17.0. The Morgan fingerprint density at radius 1 is 0.821 bits per heavy atom. The van der Waals surface area contributed by atoms with E-state index in [-0.39, 0.29) is 25.7 Å². The van der Waals surface area contributed by atoms with Crippen LogP contribution in [0.4, 0.5) is 0 Å². The zero-order chi connectivity index (χ0) is 28.8. The molecule has 2 rings (SSSR count). The molecular formula is C23H36N10O6. The van der Waals surface area contributed by atoms with E-state index in [4.69, 9.17) is 17.2 Å². The van der Waals surface area contributed by atoms with Gasteiger partial charge in [0.25, 0.3) is 0 Å². The highest BCUT2D eigenvalue weighted by atomic mass is 16.4. The highest BCUT2D eigenvalue weighted by Crippen LogP contribution is 2.06. The lowest BCUT2D eigenvalue weighted by Gasteiger charge is -2.25. The third-order valence-electron chi connectivity index (χ3n) is 5.82. The first kappa shape index (κ1) is 30.9. The Bertz CT molecular complexity index is 1080. The fourth-order valence-corrected chi connectivity index (χ4v) is 3.66. The summed E-state index contributed by atoms with van der Waals surface area (Å²) >= 11 is 0. The summed E-state index contributed by atoms with van der Waals surface area (Å²) in [6.45, 7) is 0.463. The molecule has 4 atom stereocenters. The van der Waals surface area contributed by atoms with Crippen molar-refractivity contribution in [2.75, 3.05) is 6.54 Å². The van der Waals surface area contributed by atoms with Crippen molar-refractivity contribution in [3.05, 3.63) is 36.4 Å². The smallest absolute Gasteiger partial charge is 0.326 e. The van der Waals surface area contributed by atoms with Crippen LogP contribution in [0, 0.1) is 0 Å². The SMILES string of the molecule is NCCCCC(N)C(=O)NC(Cc1cnc[nH]1)C(=O)NC(Cc1cnc[nH]1)C(=O)NC(CCC(N)=O)C(=O)O. The maximum absolute atomic E-state index is 13.4. The molecule has 0 fully saturated rings. The molecule has 0 aromatic carbocycles. The maximum Gasteiger partial charge on any atom is 0.326 e. The van der Waals surface area contributed by atoms with Crippen molar-refractivity contribution < 1.29 is 29.1 Å². The van der Waals surface area contributed by atoms with Gasteiger partial charge in [0.05, 0.1) is 18.7 Å². The summed E-state index contributed by atoms with van der Waals surface area (Å²) in [7, 11) is 0. The number of nitrogens with one attached hydrogen (secondary N) is 5. The van der Waals surface area contributed by atoms with E-state index in [0.29, 0.717) is 37.2 Å². The van der Waals surface area contributed by atoms with Crippen molar-refractivity contribution in [3.63, 3.8) is 0 Å². The number of imidazole rings is 2. The quantitative estimate of drug-likeness (QED) is 0.0861. The molecule has 4 amide bonds. The van der Waals surface area contributed by atoms with E-state index in [9.17, 15) is 29.1 Å². The minimum atomic E-state index is -1.42. The topological polar surface area (TPSA) is 277 Å². The molecule has 0 saturated carbocycles. The van der Waals surface area contributed by atoms with Gasteiger partial charge in [-0.3, -0.25) is 19.2 Å². The van der Waals surface area contributed by atoms with Crippen LogP contribution in [0.15, 0.2) is 25.0 Å². The fraction of sp³-hybridized carbons (Fsp3) is 0.522. The van der Waals surface area contributed by atoms with Crippen LogP contribution in [0.25, 0.3) is 0 Å². The van der Waals surface area contributed by atoms with Gasteiger partial charge in [-0.05, 0) is 25.8 Å². The number of aliphatic carboxylic acids is 1. The first-order chi connectivity index (χ1) is 18.6. The van der Waals surface area contributed by atoms with Crippen LogP contribution in [0.1, 0.15) is 43.5 Å². The predicted octanol–water partition coefficient (Wildman–Crippen LogP) is -2.82. The molecule has 0 aliphatic carbocycles. The molecule has 214 valence electrons. The van der Waals surface area contributed by atoms with Crippen LogP contribution in [0.2, 0.25) is 0 Å². The number of amides is 4. The monoisotopic (exact) mass is 548 g/mol. The van der Waals surface area contributed by atoms with Crippen molar-refractivity contribution in [2.24, 2.45) is 17.2 Å². The summed E-state index contributed by atoms with van der Waals surface area (Å²) in [5.41, 5.74) is 17.6. The van der Waals surface area contributed by atoms with Crippen molar-refractivity contribution in [2.45, 2.75) is 69.1 Å². The highest BCUT2D eigenvalue weighted by Gasteiger charge is 2.31. The van der Waals surface area contributed by atoms with Gasteiger partial charge in [0.2, 0.25) is 23.6 Å². The van der Waals surface area contributed by atoms with E-state index in [1.165, 1.54) is 25.0 Å². The number of aromatic amines is 2. The van der Waals surface area contributed by atoms with Crippen molar-refractivity contribution >= 4 is 29.6 Å². The second kappa shape index (κ2) is 15.8. The number of carboxylic acid groups (broad SMARTS) is 1. The minimum Gasteiger partial charge on any atom is -0.480 e. The van der Waals surface area contributed by atoms with Crippen LogP contribution in [0.5, 0.6) is 0 Å². The molecule has 0 saturated heterocycles. The van der Waals surface area contributed by atoms with Gasteiger partial charge in [0.1, 0.15) is 18.1 Å². The number of primary amides is 1. The van der Waals surface area contributed by atoms with Gasteiger partial charge in [-0.25, -0.2) is 14.8 Å². The third-order valence-corrected chi connectivity index (χ3v) is 5.82. The zero-order valence-electron chi connectivity index (χ0n) is 21.4. The summed E-state index contributed by atoms with van der Waals surface area (Å²) in [4.78, 5) is 75.4. The van der Waals surface area contributed by atoms with Gasteiger partial charge >= 0.3 is 5.97 Å². The van der Waals surface area contributed by atoms with E-state index < -0.39 is 53.8 Å². The fourth-order valence-electron chi connectivity index (χ4n) is 3.66. The standard InChI is InChI=1S/C23H36N10O6/c24-6-2-1-3-15(25)20(35)32-17(7-13-9-27-11-29-13)22(37)33-18(8-14-10-28-12-30-14)21(36)31-16(23(38)39)4-5-19(26)34/h9-12,15-18H,1-8,24-25H2,(H2,26,34)(H,27,29)(H,28,30)(H,31,36)(H,32,35)(H,33,37)(H,38,39). The normalized spacial score (nSPS) is 14.0. The van der Waals surface area contributed by atoms with Crippen LogP contribution >= 0.6 is 0 Å². The molecular weight excluding hydrogens is 512 g/mol. The number of carbonyl (C=O) groups is 5. The highest BCUT2D eigenvalue weighted by molar-refractivity contribution is 5.94. The Labute approximate surface area is 224 Å². The number of unbranched alkanes of at least 4 members (excludes halogenated alkanes) is 1. The van der Waals surface area contributed by atoms with Gasteiger partial charge in [-0.1, -0.05) is 6.42 Å². The Balaban J connectivity index is 2.20.